The number of carbonyl (C=O) groups excluding carboxylic acids is 1. The number of pyridine rings is 1. The van der Waals surface area contributed by atoms with Crippen LogP contribution < -0.4 is 15.4 Å². The highest BCUT2D eigenvalue weighted by atomic mass is 16.5. The SMILES string of the molecule is Cc1c(NC(=O)c2ccc(OC[C@H]3CCCO3)cc2)ccc2cc(CNCC3CCOCC3)cnc12. The number of fused-ring (bicyclic) bond motifs is 1. The van der Waals surface area contributed by atoms with E-state index < -0.39 is 0 Å². The zero-order chi connectivity index (χ0) is 24.7. The van der Waals surface area contributed by atoms with E-state index in [1.54, 1.807) is 12.1 Å². The standard InChI is InChI=1S/C29H35N3O4/c1-20-27(32-29(33)23-4-7-25(8-5-23)36-19-26-3-2-12-35-26)9-6-24-15-22(18-31-28(20)24)17-30-16-21-10-13-34-14-11-21/h4-9,15,18,21,26,30H,2-3,10-14,16-17,19H2,1H3,(H,32,33)/t26-/m1/s1. The second kappa shape index (κ2) is 11.8. The van der Waals surface area contributed by atoms with Gasteiger partial charge in [-0.3, -0.25) is 9.78 Å². The van der Waals surface area contributed by atoms with Crippen LogP contribution in [0.3, 0.4) is 0 Å². The number of hydrogen-bond acceptors (Lipinski definition) is 6. The van der Waals surface area contributed by atoms with E-state index in [9.17, 15) is 4.79 Å². The third-order valence-corrected chi connectivity index (χ3v) is 7.09. The smallest absolute Gasteiger partial charge is 0.255 e. The van der Waals surface area contributed by atoms with E-state index >= 15 is 0 Å². The molecule has 1 aromatic heterocycles. The number of benzene rings is 2. The molecule has 2 fully saturated rings. The summed E-state index contributed by atoms with van der Waals surface area (Å²) in [5.41, 5.74) is 4.37. The van der Waals surface area contributed by atoms with Crippen LogP contribution in [0.4, 0.5) is 5.69 Å². The second-order valence-corrected chi connectivity index (χ2v) is 9.76. The molecule has 7 nitrogen and oxygen atoms in total. The Bertz CT molecular complexity index is 1170. The summed E-state index contributed by atoms with van der Waals surface area (Å²) in [5.74, 6) is 1.28. The van der Waals surface area contributed by atoms with Crippen molar-refractivity contribution in [2.75, 3.05) is 38.3 Å². The molecule has 0 spiro atoms. The highest BCUT2D eigenvalue weighted by Gasteiger charge is 2.17. The minimum atomic E-state index is -0.156. The van der Waals surface area contributed by atoms with E-state index in [2.05, 4.69) is 16.7 Å². The predicted octanol–water partition coefficient (Wildman–Crippen LogP) is 4.87. The molecule has 0 aliphatic carbocycles. The zero-order valence-corrected chi connectivity index (χ0v) is 20.9. The first-order chi connectivity index (χ1) is 17.7. The number of ether oxygens (including phenoxy) is 3. The molecule has 2 aliphatic heterocycles. The highest BCUT2D eigenvalue weighted by Crippen LogP contribution is 2.26. The first-order valence-electron chi connectivity index (χ1n) is 13.0. The molecule has 2 saturated heterocycles. The summed E-state index contributed by atoms with van der Waals surface area (Å²) in [6.07, 6.45) is 6.48. The van der Waals surface area contributed by atoms with Crippen molar-refractivity contribution >= 4 is 22.5 Å². The molecule has 5 rings (SSSR count). The van der Waals surface area contributed by atoms with Gasteiger partial charge in [0.1, 0.15) is 12.4 Å². The van der Waals surface area contributed by atoms with E-state index in [-0.39, 0.29) is 12.0 Å². The normalized spacial score (nSPS) is 18.4. The van der Waals surface area contributed by atoms with E-state index in [0.29, 0.717) is 18.1 Å². The summed E-state index contributed by atoms with van der Waals surface area (Å²) in [4.78, 5) is 17.6. The van der Waals surface area contributed by atoms with Crippen LogP contribution in [-0.4, -0.2) is 50.0 Å². The van der Waals surface area contributed by atoms with Gasteiger partial charge in [0.25, 0.3) is 5.91 Å². The molecule has 0 radical (unpaired) electrons. The van der Waals surface area contributed by atoms with Crippen molar-refractivity contribution in [3.05, 3.63) is 65.4 Å². The summed E-state index contributed by atoms with van der Waals surface area (Å²) in [6, 6.07) is 13.4. The van der Waals surface area contributed by atoms with Gasteiger partial charge >= 0.3 is 0 Å². The van der Waals surface area contributed by atoms with Gasteiger partial charge in [0.2, 0.25) is 0 Å². The zero-order valence-electron chi connectivity index (χ0n) is 20.9. The van der Waals surface area contributed by atoms with Crippen LogP contribution in [-0.2, 0) is 16.0 Å². The Balaban J connectivity index is 1.17. The van der Waals surface area contributed by atoms with E-state index in [0.717, 1.165) is 92.1 Å². The fourth-order valence-corrected chi connectivity index (χ4v) is 4.86. The minimum absolute atomic E-state index is 0.156. The Kier molecular flexibility index (Phi) is 8.11. The minimum Gasteiger partial charge on any atom is -0.491 e. The number of amides is 1. The van der Waals surface area contributed by atoms with Gasteiger partial charge in [0, 0.05) is 49.2 Å². The first-order valence-corrected chi connectivity index (χ1v) is 13.0. The van der Waals surface area contributed by atoms with Gasteiger partial charge in [-0.15, -0.1) is 0 Å². The van der Waals surface area contributed by atoms with Crippen molar-refractivity contribution in [1.29, 1.82) is 0 Å². The third-order valence-electron chi connectivity index (χ3n) is 7.09. The number of anilines is 1. The van der Waals surface area contributed by atoms with Gasteiger partial charge in [0.15, 0.2) is 0 Å². The van der Waals surface area contributed by atoms with Crippen molar-refractivity contribution in [2.45, 2.75) is 45.3 Å². The summed E-state index contributed by atoms with van der Waals surface area (Å²) < 4.78 is 16.8. The number of nitrogens with zero attached hydrogens (tertiary/aromatic N) is 1. The van der Waals surface area contributed by atoms with Crippen molar-refractivity contribution in [3.63, 3.8) is 0 Å². The molecule has 2 N–H and O–H groups in total. The van der Waals surface area contributed by atoms with Crippen molar-refractivity contribution in [2.24, 2.45) is 5.92 Å². The Morgan fingerprint density at radius 1 is 1.08 bits per heavy atom. The van der Waals surface area contributed by atoms with E-state index in [1.165, 1.54) is 0 Å². The first kappa shape index (κ1) is 24.7. The van der Waals surface area contributed by atoms with Crippen LogP contribution in [0.2, 0.25) is 0 Å². The van der Waals surface area contributed by atoms with Gasteiger partial charge in [-0.1, -0.05) is 6.07 Å². The molecule has 3 heterocycles. The maximum absolute atomic E-state index is 12.9. The summed E-state index contributed by atoms with van der Waals surface area (Å²) in [6.45, 7) is 6.90. The van der Waals surface area contributed by atoms with Crippen LogP contribution in [0, 0.1) is 12.8 Å². The van der Waals surface area contributed by atoms with Gasteiger partial charge in [-0.05, 0) is 92.6 Å². The molecule has 190 valence electrons. The van der Waals surface area contributed by atoms with Gasteiger partial charge in [0.05, 0.1) is 11.6 Å². The lowest BCUT2D eigenvalue weighted by atomic mass is 10.0. The topological polar surface area (TPSA) is 81.7 Å². The number of carbonyl (C=O) groups is 1. The van der Waals surface area contributed by atoms with Crippen molar-refractivity contribution in [3.8, 4) is 5.75 Å². The van der Waals surface area contributed by atoms with E-state index in [1.807, 2.05) is 37.4 Å². The molecule has 36 heavy (non-hydrogen) atoms. The van der Waals surface area contributed by atoms with Crippen LogP contribution in [0.5, 0.6) is 5.75 Å². The summed E-state index contributed by atoms with van der Waals surface area (Å²) >= 11 is 0. The quantitative estimate of drug-likeness (QED) is 0.446. The average molecular weight is 490 g/mol. The Hall–Kier alpha value is -3.00. The molecule has 1 atom stereocenters. The molecule has 3 aromatic rings. The maximum atomic E-state index is 12.9. The number of rotatable bonds is 9. The van der Waals surface area contributed by atoms with Crippen LogP contribution >= 0.6 is 0 Å². The molecule has 0 unspecified atom stereocenters. The molecular formula is C29H35N3O4. The van der Waals surface area contributed by atoms with Crippen LogP contribution in [0.15, 0.2) is 48.7 Å². The Labute approximate surface area is 212 Å². The van der Waals surface area contributed by atoms with Crippen LogP contribution in [0.1, 0.15) is 47.2 Å². The monoisotopic (exact) mass is 489 g/mol. The lowest BCUT2D eigenvalue weighted by Crippen LogP contribution is -2.27. The number of hydrogen-bond donors (Lipinski definition) is 2. The Morgan fingerprint density at radius 3 is 2.69 bits per heavy atom. The van der Waals surface area contributed by atoms with Gasteiger partial charge in [-0.2, -0.15) is 0 Å². The average Bonchev–Trinajstić information content (AvgIpc) is 3.44. The van der Waals surface area contributed by atoms with Crippen molar-refractivity contribution in [1.82, 2.24) is 10.3 Å². The molecule has 0 bridgehead atoms. The number of nitrogens with one attached hydrogen (secondary N) is 2. The molecular weight excluding hydrogens is 454 g/mol. The molecule has 1 amide bonds. The molecule has 2 aliphatic rings. The maximum Gasteiger partial charge on any atom is 0.255 e. The highest BCUT2D eigenvalue weighted by molar-refractivity contribution is 6.06. The van der Waals surface area contributed by atoms with Gasteiger partial charge < -0.3 is 24.8 Å². The van der Waals surface area contributed by atoms with Crippen LogP contribution in [0.25, 0.3) is 10.9 Å². The van der Waals surface area contributed by atoms with Gasteiger partial charge in [-0.25, -0.2) is 0 Å². The predicted molar refractivity (Wildman–Crippen MR) is 141 cm³/mol. The Morgan fingerprint density at radius 2 is 1.92 bits per heavy atom. The number of aryl methyl sites for hydroxylation is 1. The summed E-state index contributed by atoms with van der Waals surface area (Å²) in [7, 11) is 0. The number of aromatic nitrogens is 1. The molecule has 2 aromatic carbocycles. The lowest BCUT2D eigenvalue weighted by Gasteiger charge is -2.22. The summed E-state index contributed by atoms with van der Waals surface area (Å²) in [5, 5.41) is 7.68. The lowest BCUT2D eigenvalue weighted by molar-refractivity contribution is 0.0662. The third kappa shape index (κ3) is 6.22. The second-order valence-electron chi connectivity index (χ2n) is 9.76. The molecule has 7 heteroatoms. The van der Waals surface area contributed by atoms with E-state index in [4.69, 9.17) is 19.2 Å². The van der Waals surface area contributed by atoms with Crippen molar-refractivity contribution < 1.29 is 19.0 Å². The molecule has 0 saturated carbocycles. The fraction of sp³-hybridized carbons (Fsp3) is 0.448. The fourth-order valence-electron chi connectivity index (χ4n) is 4.86. The largest absolute Gasteiger partial charge is 0.491 e.